The van der Waals surface area contributed by atoms with Crippen LogP contribution >= 0.6 is 0 Å². The van der Waals surface area contributed by atoms with Crippen molar-refractivity contribution in [3.8, 4) is 17.7 Å². The number of pyridine rings is 1. The number of hydrogen-bond donors (Lipinski definition) is 1. The largest absolute Gasteiger partial charge is 0.438 e. The molecule has 0 saturated heterocycles. The molecule has 0 saturated carbocycles. The molecule has 0 amide bonds. The van der Waals surface area contributed by atoms with Crippen LogP contribution in [0.5, 0.6) is 11.6 Å². The van der Waals surface area contributed by atoms with Gasteiger partial charge < -0.3 is 10.5 Å². The molecule has 2 aromatic rings. The van der Waals surface area contributed by atoms with Crippen molar-refractivity contribution in [2.45, 2.75) is 13.0 Å². The number of nitrogens with zero attached hydrogens (tertiary/aromatic N) is 2. The molecule has 1 heterocycles. The Labute approximate surface area is 106 Å². The van der Waals surface area contributed by atoms with Crippen molar-refractivity contribution in [2.24, 2.45) is 5.73 Å². The van der Waals surface area contributed by atoms with Crippen LogP contribution in [0.4, 0.5) is 0 Å². The van der Waals surface area contributed by atoms with Crippen molar-refractivity contribution in [3.63, 3.8) is 0 Å². The summed E-state index contributed by atoms with van der Waals surface area (Å²) >= 11 is 0. The smallest absolute Gasteiger partial charge is 0.219 e. The van der Waals surface area contributed by atoms with E-state index in [0.29, 0.717) is 17.2 Å². The van der Waals surface area contributed by atoms with Crippen molar-refractivity contribution in [2.75, 3.05) is 0 Å². The minimum absolute atomic E-state index is 0.0575. The van der Waals surface area contributed by atoms with E-state index in [1.807, 2.05) is 19.1 Å². The van der Waals surface area contributed by atoms with Crippen LogP contribution < -0.4 is 10.5 Å². The van der Waals surface area contributed by atoms with Gasteiger partial charge in [0.05, 0.1) is 5.56 Å². The first-order valence-electron chi connectivity index (χ1n) is 5.59. The van der Waals surface area contributed by atoms with Crippen molar-refractivity contribution in [1.29, 1.82) is 5.26 Å². The molecular weight excluding hydrogens is 226 g/mol. The summed E-state index contributed by atoms with van der Waals surface area (Å²) in [5.41, 5.74) is 7.16. The summed E-state index contributed by atoms with van der Waals surface area (Å²) in [6.07, 6.45) is 1.68. The number of nitriles is 1. The molecule has 1 aromatic carbocycles. The molecule has 0 aliphatic carbocycles. The van der Waals surface area contributed by atoms with Gasteiger partial charge in [-0.1, -0.05) is 18.2 Å². The second-order valence-electron chi connectivity index (χ2n) is 3.93. The first-order chi connectivity index (χ1) is 8.70. The lowest BCUT2D eigenvalue weighted by molar-refractivity contribution is 0.461. The predicted molar refractivity (Wildman–Crippen MR) is 68.1 cm³/mol. The molecule has 0 spiro atoms. The van der Waals surface area contributed by atoms with Gasteiger partial charge in [-0.15, -0.1) is 0 Å². The minimum atomic E-state index is -0.0575. The number of benzene rings is 1. The Morgan fingerprint density at radius 2 is 2.06 bits per heavy atom. The molecule has 0 unspecified atom stereocenters. The fourth-order valence-corrected chi connectivity index (χ4v) is 1.48. The lowest BCUT2D eigenvalue weighted by Gasteiger charge is -2.08. The molecule has 1 aromatic heterocycles. The molecule has 1 atom stereocenters. The van der Waals surface area contributed by atoms with Crippen molar-refractivity contribution in [3.05, 3.63) is 53.7 Å². The maximum atomic E-state index is 8.95. The molecule has 4 nitrogen and oxygen atoms in total. The number of nitrogens with two attached hydrogens (primary N) is 1. The van der Waals surface area contributed by atoms with E-state index >= 15 is 0 Å². The van der Waals surface area contributed by atoms with Gasteiger partial charge in [0.1, 0.15) is 11.8 Å². The topological polar surface area (TPSA) is 71.9 Å². The van der Waals surface area contributed by atoms with E-state index in [1.165, 1.54) is 0 Å². The molecule has 2 N–H and O–H groups in total. The Bertz CT molecular complexity index is 570. The van der Waals surface area contributed by atoms with Gasteiger partial charge in [0, 0.05) is 18.3 Å². The average molecular weight is 239 g/mol. The van der Waals surface area contributed by atoms with Gasteiger partial charge in [-0.05, 0) is 24.6 Å². The molecular formula is C14H13N3O. The van der Waals surface area contributed by atoms with Crippen LogP contribution in [0.1, 0.15) is 24.1 Å². The molecule has 90 valence electrons. The highest BCUT2D eigenvalue weighted by molar-refractivity contribution is 5.44. The van der Waals surface area contributed by atoms with Crippen molar-refractivity contribution in [1.82, 2.24) is 4.98 Å². The van der Waals surface area contributed by atoms with Gasteiger partial charge in [0.15, 0.2) is 0 Å². The van der Waals surface area contributed by atoms with Gasteiger partial charge in [0.25, 0.3) is 0 Å². The van der Waals surface area contributed by atoms with Crippen LogP contribution in [0.25, 0.3) is 0 Å². The normalized spacial score (nSPS) is 11.6. The number of rotatable bonds is 3. The fraction of sp³-hybridized carbons (Fsp3) is 0.143. The van der Waals surface area contributed by atoms with Gasteiger partial charge in [0.2, 0.25) is 5.88 Å². The Morgan fingerprint density at radius 3 is 2.67 bits per heavy atom. The first-order valence-corrected chi connectivity index (χ1v) is 5.59. The van der Waals surface area contributed by atoms with Crippen molar-refractivity contribution < 1.29 is 4.74 Å². The third-order valence-electron chi connectivity index (χ3n) is 2.51. The molecule has 0 radical (unpaired) electrons. The molecule has 0 aliphatic rings. The third-order valence-corrected chi connectivity index (χ3v) is 2.51. The molecule has 0 bridgehead atoms. The standard InChI is InChI=1S/C14H13N3O/c1-10(16)12-6-7-14(17-9-12)18-13-5-3-2-4-11(13)8-15/h2-7,9-10H,16H2,1H3/t10-/m0/s1. The van der Waals surface area contributed by atoms with Gasteiger partial charge >= 0.3 is 0 Å². The third kappa shape index (κ3) is 2.65. The summed E-state index contributed by atoms with van der Waals surface area (Å²) in [5, 5.41) is 8.95. The van der Waals surface area contributed by atoms with Crippen LogP contribution in [0.2, 0.25) is 0 Å². The first kappa shape index (κ1) is 12.1. The Morgan fingerprint density at radius 1 is 1.28 bits per heavy atom. The zero-order valence-electron chi connectivity index (χ0n) is 10.00. The van der Waals surface area contributed by atoms with Crippen LogP contribution in [0, 0.1) is 11.3 Å². The number of hydrogen-bond acceptors (Lipinski definition) is 4. The highest BCUT2D eigenvalue weighted by atomic mass is 16.5. The second-order valence-corrected chi connectivity index (χ2v) is 3.93. The van der Waals surface area contributed by atoms with Crippen LogP contribution in [0.15, 0.2) is 42.6 Å². The summed E-state index contributed by atoms with van der Waals surface area (Å²) in [7, 11) is 0. The van der Waals surface area contributed by atoms with E-state index in [0.717, 1.165) is 5.56 Å². The average Bonchev–Trinajstić information content (AvgIpc) is 2.40. The molecule has 0 aliphatic heterocycles. The lowest BCUT2D eigenvalue weighted by atomic mass is 10.2. The van der Waals surface area contributed by atoms with E-state index in [2.05, 4.69) is 11.1 Å². The number of aromatic nitrogens is 1. The fourth-order valence-electron chi connectivity index (χ4n) is 1.48. The number of para-hydroxylation sites is 1. The lowest BCUT2D eigenvalue weighted by Crippen LogP contribution is -2.05. The van der Waals surface area contributed by atoms with Crippen LogP contribution in [0.3, 0.4) is 0 Å². The summed E-state index contributed by atoms with van der Waals surface area (Å²) in [5.74, 6) is 0.947. The minimum Gasteiger partial charge on any atom is -0.438 e. The Balaban J connectivity index is 2.22. The van der Waals surface area contributed by atoms with Gasteiger partial charge in [-0.3, -0.25) is 0 Å². The molecule has 18 heavy (non-hydrogen) atoms. The SMILES string of the molecule is C[C@H](N)c1ccc(Oc2ccccc2C#N)nc1. The maximum Gasteiger partial charge on any atom is 0.219 e. The van der Waals surface area contributed by atoms with E-state index in [4.69, 9.17) is 15.7 Å². The second kappa shape index (κ2) is 5.30. The highest BCUT2D eigenvalue weighted by Crippen LogP contribution is 2.23. The highest BCUT2D eigenvalue weighted by Gasteiger charge is 2.05. The van der Waals surface area contributed by atoms with E-state index < -0.39 is 0 Å². The zero-order valence-corrected chi connectivity index (χ0v) is 10.00. The Kier molecular flexibility index (Phi) is 3.56. The van der Waals surface area contributed by atoms with E-state index in [9.17, 15) is 0 Å². The summed E-state index contributed by atoms with van der Waals surface area (Å²) in [6, 6.07) is 12.7. The predicted octanol–water partition coefficient (Wildman–Crippen LogP) is 2.77. The Hall–Kier alpha value is -2.38. The van der Waals surface area contributed by atoms with E-state index in [1.54, 1.807) is 30.5 Å². The quantitative estimate of drug-likeness (QED) is 0.893. The van der Waals surface area contributed by atoms with Crippen LogP contribution in [-0.4, -0.2) is 4.98 Å². The molecule has 0 fully saturated rings. The van der Waals surface area contributed by atoms with Crippen LogP contribution in [-0.2, 0) is 0 Å². The summed E-state index contributed by atoms with van der Waals surface area (Å²) in [6.45, 7) is 1.89. The maximum absolute atomic E-state index is 8.95. The van der Waals surface area contributed by atoms with E-state index in [-0.39, 0.29) is 6.04 Å². The molecule has 2 rings (SSSR count). The number of ether oxygens (including phenoxy) is 1. The zero-order chi connectivity index (χ0) is 13.0. The summed E-state index contributed by atoms with van der Waals surface area (Å²) < 4.78 is 5.56. The summed E-state index contributed by atoms with van der Waals surface area (Å²) in [4.78, 5) is 4.16. The molecule has 4 heteroatoms. The van der Waals surface area contributed by atoms with Gasteiger partial charge in [-0.25, -0.2) is 4.98 Å². The monoisotopic (exact) mass is 239 g/mol. The van der Waals surface area contributed by atoms with Crippen molar-refractivity contribution >= 4 is 0 Å². The van der Waals surface area contributed by atoms with Gasteiger partial charge in [-0.2, -0.15) is 5.26 Å².